The van der Waals surface area contributed by atoms with E-state index in [0.29, 0.717) is 31.6 Å². The molecule has 0 saturated carbocycles. The Bertz CT molecular complexity index is 465. The minimum Gasteiger partial charge on any atom is -0.466 e. The van der Waals surface area contributed by atoms with Gasteiger partial charge in [0.1, 0.15) is 0 Å². The monoisotopic (exact) mass is 439 g/mol. The summed E-state index contributed by atoms with van der Waals surface area (Å²) in [4.78, 5) is 23.0. The molecule has 0 saturated heterocycles. The van der Waals surface area contributed by atoms with Gasteiger partial charge in [0.05, 0.1) is 12.2 Å². The number of esters is 1. The van der Waals surface area contributed by atoms with Crippen LogP contribution in [0.2, 0.25) is 0 Å². The maximum absolute atomic E-state index is 11.9. The van der Waals surface area contributed by atoms with Gasteiger partial charge in [-0.25, -0.2) is 0 Å². The van der Waals surface area contributed by atoms with Gasteiger partial charge in [0.25, 0.3) is 5.91 Å². The number of hydrogen-bond acceptors (Lipinski definition) is 3. The van der Waals surface area contributed by atoms with Gasteiger partial charge in [0.2, 0.25) is 0 Å². The largest absolute Gasteiger partial charge is 0.466 e. The number of carbonyl (C=O) groups excluding carboxylic acids is 2. The zero-order valence-corrected chi connectivity index (χ0v) is 14.3. The lowest BCUT2D eigenvalue weighted by Crippen LogP contribution is -2.25. The number of amides is 1. The third-order valence-corrected chi connectivity index (χ3v) is 3.76. The Morgan fingerprint density at radius 3 is 2.84 bits per heavy atom. The van der Waals surface area contributed by atoms with Crippen LogP contribution in [0.15, 0.2) is 22.7 Å². The molecule has 0 aliphatic rings. The van der Waals surface area contributed by atoms with Crippen molar-refractivity contribution in [3.05, 3.63) is 31.8 Å². The molecule has 0 aromatic heterocycles. The van der Waals surface area contributed by atoms with Crippen molar-refractivity contribution in [1.82, 2.24) is 5.32 Å². The molecule has 0 aliphatic heterocycles. The van der Waals surface area contributed by atoms with Crippen LogP contribution in [0.25, 0.3) is 0 Å². The number of halogens is 2. The molecule has 0 heterocycles. The Morgan fingerprint density at radius 1 is 1.42 bits per heavy atom. The molecule has 0 bridgehead atoms. The molecule has 104 valence electrons. The first-order chi connectivity index (χ1) is 9.04. The molecule has 4 nitrogen and oxygen atoms in total. The van der Waals surface area contributed by atoms with Crippen molar-refractivity contribution in [2.45, 2.75) is 19.8 Å². The number of rotatable bonds is 6. The van der Waals surface area contributed by atoms with Gasteiger partial charge >= 0.3 is 5.97 Å². The SMILES string of the molecule is CCOC(=O)CCCNC(=O)c1cc(Br)ccc1I. The van der Waals surface area contributed by atoms with Crippen LogP contribution in [0.4, 0.5) is 0 Å². The van der Waals surface area contributed by atoms with E-state index in [2.05, 4.69) is 43.8 Å². The van der Waals surface area contributed by atoms with Crippen LogP contribution in [0.1, 0.15) is 30.1 Å². The molecule has 0 fully saturated rings. The quantitative estimate of drug-likeness (QED) is 0.421. The smallest absolute Gasteiger partial charge is 0.305 e. The van der Waals surface area contributed by atoms with Crippen LogP contribution in [0.5, 0.6) is 0 Å². The molecule has 0 radical (unpaired) electrons. The molecule has 19 heavy (non-hydrogen) atoms. The first kappa shape index (κ1) is 16.4. The summed E-state index contributed by atoms with van der Waals surface area (Å²) >= 11 is 5.46. The van der Waals surface area contributed by atoms with E-state index in [9.17, 15) is 9.59 Å². The fraction of sp³-hybridized carbons (Fsp3) is 0.385. The molecule has 0 aliphatic carbocycles. The van der Waals surface area contributed by atoms with Crippen molar-refractivity contribution in [3.63, 3.8) is 0 Å². The minimum atomic E-state index is -0.228. The van der Waals surface area contributed by atoms with Gasteiger partial charge < -0.3 is 10.1 Å². The summed E-state index contributed by atoms with van der Waals surface area (Å²) < 4.78 is 6.57. The van der Waals surface area contributed by atoms with Crippen molar-refractivity contribution in [3.8, 4) is 0 Å². The van der Waals surface area contributed by atoms with Crippen molar-refractivity contribution < 1.29 is 14.3 Å². The molecule has 0 atom stereocenters. The normalized spacial score (nSPS) is 10.1. The Kier molecular flexibility index (Phi) is 7.37. The molecule has 1 N–H and O–H groups in total. The summed E-state index contributed by atoms with van der Waals surface area (Å²) in [7, 11) is 0. The standard InChI is InChI=1S/C13H15BrINO3/c1-2-19-12(17)4-3-7-16-13(18)10-8-9(14)5-6-11(10)15/h5-6,8H,2-4,7H2,1H3,(H,16,18). The highest BCUT2D eigenvalue weighted by Gasteiger charge is 2.10. The zero-order valence-electron chi connectivity index (χ0n) is 10.5. The van der Waals surface area contributed by atoms with Crippen molar-refractivity contribution in [1.29, 1.82) is 0 Å². The van der Waals surface area contributed by atoms with Gasteiger partial charge in [-0.3, -0.25) is 9.59 Å². The van der Waals surface area contributed by atoms with Gasteiger partial charge in [-0.1, -0.05) is 15.9 Å². The van der Waals surface area contributed by atoms with Crippen LogP contribution in [-0.4, -0.2) is 25.0 Å². The maximum atomic E-state index is 11.9. The summed E-state index contributed by atoms with van der Waals surface area (Å²) in [6, 6.07) is 5.54. The molecular weight excluding hydrogens is 425 g/mol. The molecule has 1 aromatic rings. The first-order valence-electron chi connectivity index (χ1n) is 5.93. The lowest BCUT2D eigenvalue weighted by Gasteiger charge is -2.07. The predicted molar refractivity (Wildman–Crippen MR) is 85.1 cm³/mol. The lowest BCUT2D eigenvalue weighted by atomic mass is 10.2. The highest BCUT2D eigenvalue weighted by atomic mass is 127. The van der Waals surface area contributed by atoms with Crippen LogP contribution >= 0.6 is 38.5 Å². The van der Waals surface area contributed by atoms with E-state index in [1.807, 2.05) is 12.1 Å². The molecule has 1 amide bonds. The van der Waals surface area contributed by atoms with E-state index in [1.54, 1.807) is 13.0 Å². The van der Waals surface area contributed by atoms with Crippen LogP contribution in [0, 0.1) is 3.57 Å². The molecule has 1 rings (SSSR count). The summed E-state index contributed by atoms with van der Waals surface area (Å²) in [6.45, 7) is 2.62. The second-order valence-corrected chi connectivity index (χ2v) is 5.87. The fourth-order valence-electron chi connectivity index (χ4n) is 1.43. The second kappa shape index (κ2) is 8.52. The van der Waals surface area contributed by atoms with E-state index < -0.39 is 0 Å². The Hall–Kier alpha value is -0.630. The van der Waals surface area contributed by atoms with Gasteiger partial charge in [-0.2, -0.15) is 0 Å². The number of hydrogen-bond donors (Lipinski definition) is 1. The highest BCUT2D eigenvalue weighted by Crippen LogP contribution is 2.18. The molecule has 0 unspecified atom stereocenters. The Labute approximate surface area is 134 Å². The third-order valence-electron chi connectivity index (χ3n) is 2.32. The van der Waals surface area contributed by atoms with E-state index in [1.165, 1.54) is 0 Å². The molecule has 6 heteroatoms. The number of carbonyl (C=O) groups is 2. The predicted octanol–water partition coefficient (Wildman–Crippen LogP) is 3.13. The topological polar surface area (TPSA) is 55.4 Å². The Morgan fingerprint density at radius 2 is 2.16 bits per heavy atom. The average molecular weight is 440 g/mol. The highest BCUT2D eigenvalue weighted by molar-refractivity contribution is 14.1. The van der Waals surface area contributed by atoms with E-state index >= 15 is 0 Å². The second-order valence-electron chi connectivity index (χ2n) is 3.79. The average Bonchev–Trinajstić information content (AvgIpc) is 2.37. The van der Waals surface area contributed by atoms with Crippen molar-refractivity contribution >= 4 is 50.4 Å². The van der Waals surface area contributed by atoms with E-state index in [-0.39, 0.29) is 11.9 Å². The van der Waals surface area contributed by atoms with Gasteiger partial charge in [0.15, 0.2) is 0 Å². The molecule has 1 aromatic carbocycles. The van der Waals surface area contributed by atoms with Gasteiger partial charge in [-0.05, 0) is 54.1 Å². The zero-order chi connectivity index (χ0) is 14.3. The fourth-order valence-corrected chi connectivity index (χ4v) is 2.38. The van der Waals surface area contributed by atoms with Crippen LogP contribution in [0.3, 0.4) is 0 Å². The summed E-state index contributed by atoms with van der Waals surface area (Å²) in [6.07, 6.45) is 0.902. The molecule has 0 spiro atoms. The van der Waals surface area contributed by atoms with Crippen molar-refractivity contribution in [2.24, 2.45) is 0 Å². The molecular formula is C13H15BrINO3. The lowest BCUT2D eigenvalue weighted by molar-refractivity contribution is -0.143. The number of ether oxygens (including phenoxy) is 1. The van der Waals surface area contributed by atoms with Crippen molar-refractivity contribution in [2.75, 3.05) is 13.2 Å². The van der Waals surface area contributed by atoms with Crippen LogP contribution < -0.4 is 5.32 Å². The maximum Gasteiger partial charge on any atom is 0.305 e. The van der Waals surface area contributed by atoms with E-state index in [0.717, 1.165) is 8.04 Å². The van der Waals surface area contributed by atoms with Crippen LogP contribution in [-0.2, 0) is 9.53 Å². The number of benzene rings is 1. The first-order valence-corrected chi connectivity index (χ1v) is 7.80. The van der Waals surface area contributed by atoms with Gasteiger partial charge in [0, 0.05) is 21.0 Å². The van der Waals surface area contributed by atoms with Gasteiger partial charge in [-0.15, -0.1) is 0 Å². The number of nitrogens with one attached hydrogen (secondary N) is 1. The Balaban J connectivity index is 2.39. The third kappa shape index (κ3) is 5.90. The van der Waals surface area contributed by atoms with E-state index in [4.69, 9.17) is 4.74 Å². The minimum absolute atomic E-state index is 0.130. The summed E-state index contributed by atoms with van der Waals surface area (Å²) in [5.74, 6) is -0.358. The summed E-state index contributed by atoms with van der Waals surface area (Å²) in [5, 5.41) is 2.79. The summed E-state index contributed by atoms with van der Waals surface area (Å²) in [5.41, 5.74) is 0.631.